The first-order chi connectivity index (χ1) is 34.0. The Morgan fingerprint density at radius 2 is 0.986 bits per heavy atom. The van der Waals surface area contributed by atoms with Gasteiger partial charge in [0.15, 0.2) is 0 Å². The SMILES string of the molecule is CC(C)[C@H](NC(=O)[C@H](CC(=O)O)NC(=O)[C@H](CS)NC(=O)[C@H](CC(N)=O)NC(=O)CNC(=O)[C@H](CO)NC(=O)[C@@H](NC(=O)[C@H](Cc1ccccc1)NC(=O)[C@@H](NC(=O)[C@@H](N)CC(N)=O)[C@@H](C)O)C(C)C)C(=O)O. The summed E-state index contributed by atoms with van der Waals surface area (Å²) in [7, 11) is 0. The second kappa shape index (κ2) is 31.1. The molecular weight excluding hydrogens is 989 g/mol. The molecule has 0 fully saturated rings. The summed E-state index contributed by atoms with van der Waals surface area (Å²) in [5.74, 6) is -16.9. The number of rotatable bonds is 32. The smallest absolute Gasteiger partial charge is 0.326 e. The minimum absolute atomic E-state index is 0.186. The van der Waals surface area contributed by atoms with Crippen molar-refractivity contribution in [1.82, 2.24) is 47.9 Å². The third-order valence-corrected chi connectivity index (χ3v) is 10.7. The summed E-state index contributed by atoms with van der Waals surface area (Å²) in [6, 6.07) is -6.44. The highest BCUT2D eigenvalue weighted by atomic mass is 32.1. The molecule has 0 saturated carbocycles. The number of nitrogens with one attached hydrogen (secondary N) is 9. The van der Waals surface area contributed by atoms with Crippen molar-refractivity contribution in [1.29, 1.82) is 0 Å². The number of hydrogen-bond donors (Lipinski definition) is 17. The van der Waals surface area contributed by atoms with Gasteiger partial charge in [-0.05, 0) is 24.3 Å². The maximum absolute atomic E-state index is 13.9. The number of aliphatic hydroxyl groups excluding tert-OH is 2. The molecule has 0 bridgehead atoms. The number of hydrogen-bond acceptors (Lipinski definition) is 17. The van der Waals surface area contributed by atoms with Gasteiger partial charge in [0.05, 0.1) is 44.6 Å². The van der Waals surface area contributed by atoms with Gasteiger partial charge in [0.25, 0.3) is 0 Å². The van der Waals surface area contributed by atoms with Gasteiger partial charge in [-0.2, -0.15) is 12.6 Å². The second-order valence-corrected chi connectivity index (χ2v) is 17.6. The highest BCUT2D eigenvalue weighted by Crippen LogP contribution is 2.10. The summed E-state index contributed by atoms with van der Waals surface area (Å²) in [4.78, 5) is 165. The molecule has 19 N–H and O–H groups in total. The van der Waals surface area contributed by atoms with Crippen LogP contribution in [0.2, 0.25) is 0 Å². The van der Waals surface area contributed by atoms with E-state index in [9.17, 15) is 82.8 Å². The normalized spacial score (nSPS) is 15.1. The monoisotopic (exact) mass is 1050 g/mol. The number of benzene rings is 1. The molecule has 30 heteroatoms. The van der Waals surface area contributed by atoms with Gasteiger partial charge in [-0.25, -0.2) is 4.79 Å². The lowest BCUT2D eigenvalue weighted by molar-refractivity contribution is -0.144. The summed E-state index contributed by atoms with van der Waals surface area (Å²) >= 11 is 4.00. The fraction of sp³-hybridized carbons (Fsp3) is 0.558. The Balaban J connectivity index is 3.16. The highest BCUT2D eigenvalue weighted by molar-refractivity contribution is 7.80. The molecule has 1 aromatic rings. The van der Waals surface area contributed by atoms with Crippen molar-refractivity contribution >= 4 is 89.5 Å². The van der Waals surface area contributed by atoms with Crippen LogP contribution in [-0.4, -0.2) is 177 Å². The van der Waals surface area contributed by atoms with Crippen molar-refractivity contribution < 1.29 is 82.8 Å². The average molecular weight is 1060 g/mol. The summed E-state index contributed by atoms with van der Waals surface area (Å²) in [6.07, 6.45) is -4.20. The summed E-state index contributed by atoms with van der Waals surface area (Å²) < 4.78 is 0. The van der Waals surface area contributed by atoms with Crippen LogP contribution in [-0.2, 0) is 68.7 Å². The Labute approximate surface area is 423 Å². The third-order valence-electron chi connectivity index (χ3n) is 10.3. The van der Waals surface area contributed by atoms with E-state index < -0.39 is 187 Å². The predicted molar refractivity (Wildman–Crippen MR) is 256 cm³/mol. The molecule has 406 valence electrons. The van der Waals surface area contributed by atoms with Crippen LogP contribution < -0.4 is 65.1 Å². The molecule has 0 aliphatic carbocycles. The average Bonchev–Trinajstić information content (AvgIpc) is 3.29. The van der Waals surface area contributed by atoms with Gasteiger partial charge in [-0.3, -0.25) is 57.5 Å². The van der Waals surface area contributed by atoms with Crippen LogP contribution in [0.5, 0.6) is 0 Å². The van der Waals surface area contributed by atoms with Crippen LogP contribution >= 0.6 is 12.6 Å². The zero-order chi connectivity index (χ0) is 55.9. The molecule has 0 aliphatic rings. The van der Waals surface area contributed by atoms with E-state index >= 15 is 0 Å². The summed E-state index contributed by atoms with van der Waals surface area (Å²) in [6.45, 7) is 5.08. The van der Waals surface area contributed by atoms with Gasteiger partial charge < -0.3 is 85.5 Å². The minimum Gasteiger partial charge on any atom is -0.481 e. The van der Waals surface area contributed by atoms with E-state index in [2.05, 4.69) is 60.5 Å². The van der Waals surface area contributed by atoms with E-state index in [1.54, 1.807) is 30.3 Å². The highest BCUT2D eigenvalue weighted by Gasteiger charge is 2.36. The number of amides is 11. The maximum atomic E-state index is 13.9. The van der Waals surface area contributed by atoms with E-state index in [1.807, 2.05) is 0 Å². The van der Waals surface area contributed by atoms with Crippen molar-refractivity contribution in [2.45, 2.75) is 121 Å². The molecule has 0 spiro atoms. The van der Waals surface area contributed by atoms with E-state index in [-0.39, 0.29) is 6.42 Å². The van der Waals surface area contributed by atoms with E-state index in [4.69, 9.17) is 17.2 Å². The summed E-state index contributed by atoms with van der Waals surface area (Å²) in [5.41, 5.74) is 16.6. The lowest BCUT2D eigenvalue weighted by Crippen LogP contribution is -2.62. The van der Waals surface area contributed by atoms with Crippen LogP contribution in [0.3, 0.4) is 0 Å². The minimum atomic E-state index is -1.84. The number of aliphatic hydroxyl groups is 2. The quantitative estimate of drug-likeness (QED) is 0.0298. The van der Waals surface area contributed by atoms with Crippen molar-refractivity contribution in [3.63, 3.8) is 0 Å². The molecular formula is C43H66N12O17S. The summed E-state index contributed by atoms with van der Waals surface area (Å²) in [5, 5.41) is 59.2. The number of primary amides is 2. The molecule has 73 heavy (non-hydrogen) atoms. The van der Waals surface area contributed by atoms with Gasteiger partial charge in [-0.1, -0.05) is 58.0 Å². The number of carboxylic acids is 2. The molecule has 11 amide bonds. The number of nitrogens with two attached hydrogens (primary N) is 3. The fourth-order valence-corrected chi connectivity index (χ4v) is 6.63. The molecule has 0 radical (unpaired) electrons. The fourth-order valence-electron chi connectivity index (χ4n) is 6.38. The topological polar surface area (TPSA) is 489 Å². The molecule has 0 aliphatic heterocycles. The lowest BCUT2D eigenvalue weighted by Gasteiger charge is -2.28. The van der Waals surface area contributed by atoms with E-state index in [0.717, 1.165) is 6.92 Å². The number of carbonyl (C=O) groups is 13. The zero-order valence-corrected chi connectivity index (χ0v) is 41.4. The lowest BCUT2D eigenvalue weighted by atomic mass is 10.00. The first-order valence-corrected chi connectivity index (χ1v) is 23.1. The first-order valence-electron chi connectivity index (χ1n) is 22.4. The van der Waals surface area contributed by atoms with E-state index in [1.165, 1.54) is 27.7 Å². The number of aliphatic carboxylic acids is 2. The van der Waals surface area contributed by atoms with Crippen LogP contribution in [0.1, 0.15) is 59.4 Å². The van der Waals surface area contributed by atoms with Gasteiger partial charge in [0, 0.05) is 12.2 Å². The standard InChI is InChI=1S/C43H66N12O17S/c1-18(2)32(53-38(66)23(11-21-9-7-6-8-10-21)50-42(70)34(20(5)57)55-35(63)22(44)12-28(45)58)41(69)51-26(16-56)36(64)47-15-30(60)48-24(13-29(46)59)37(65)52-27(17-73)40(68)49-25(14-31(61)62)39(67)54-33(19(3)4)43(71)72/h6-10,18-20,22-27,32-34,56-57,73H,11-17,44H2,1-5H3,(H2,45,58)(H2,46,59)(H,47,64)(H,48,60)(H,49,68)(H,50,70)(H,51,69)(H,52,65)(H,53,66)(H,54,67)(H,55,63)(H,61,62)(H,71,72)/t20-,22+,23+,24+,25+,26+,27+,32+,33+,34+/m1/s1. The van der Waals surface area contributed by atoms with Crippen molar-refractivity contribution in [2.24, 2.45) is 29.0 Å². The molecule has 0 unspecified atom stereocenters. The zero-order valence-electron chi connectivity index (χ0n) is 40.5. The van der Waals surface area contributed by atoms with Crippen molar-refractivity contribution in [3.05, 3.63) is 35.9 Å². The number of carbonyl (C=O) groups excluding carboxylic acids is 11. The van der Waals surface area contributed by atoms with Crippen LogP contribution in [0, 0.1) is 11.8 Å². The molecule has 0 aromatic heterocycles. The van der Waals surface area contributed by atoms with Crippen molar-refractivity contribution in [2.75, 3.05) is 18.9 Å². The van der Waals surface area contributed by atoms with Gasteiger partial charge >= 0.3 is 11.9 Å². The van der Waals surface area contributed by atoms with E-state index in [0.29, 0.717) is 5.56 Å². The molecule has 0 heterocycles. The largest absolute Gasteiger partial charge is 0.481 e. The van der Waals surface area contributed by atoms with Crippen LogP contribution in [0.4, 0.5) is 0 Å². The van der Waals surface area contributed by atoms with Gasteiger partial charge in [0.1, 0.15) is 48.3 Å². The Morgan fingerprint density at radius 3 is 1.48 bits per heavy atom. The maximum Gasteiger partial charge on any atom is 0.326 e. The Hall–Kier alpha value is -7.44. The van der Waals surface area contributed by atoms with Crippen LogP contribution in [0.25, 0.3) is 0 Å². The first kappa shape index (κ1) is 63.6. The molecule has 1 aromatic carbocycles. The molecule has 0 saturated heterocycles. The molecule has 1 rings (SSSR count). The third kappa shape index (κ3) is 22.7. The Kier molecular flexibility index (Phi) is 27.1. The molecule has 29 nitrogen and oxygen atoms in total. The Morgan fingerprint density at radius 1 is 0.534 bits per heavy atom. The van der Waals surface area contributed by atoms with Gasteiger partial charge in [0.2, 0.25) is 65.0 Å². The predicted octanol–water partition coefficient (Wildman–Crippen LogP) is -7.52. The van der Waals surface area contributed by atoms with Crippen molar-refractivity contribution in [3.8, 4) is 0 Å². The Bertz CT molecular complexity index is 2170. The second-order valence-electron chi connectivity index (χ2n) is 17.2. The van der Waals surface area contributed by atoms with Gasteiger partial charge in [-0.15, -0.1) is 0 Å². The number of thiol groups is 1. The van der Waals surface area contributed by atoms with Crippen LogP contribution in [0.15, 0.2) is 30.3 Å². The molecule has 10 atom stereocenters. The number of carboxylic acid groups (broad SMARTS) is 2.